The summed E-state index contributed by atoms with van der Waals surface area (Å²) in [5.74, 6) is -1.32. The van der Waals surface area contributed by atoms with Gasteiger partial charge < -0.3 is 15.3 Å². The van der Waals surface area contributed by atoms with E-state index >= 15 is 0 Å². The van der Waals surface area contributed by atoms with E-state index in [9.17, 15) is 14.4 Å². The number of rotatable bonds is 5. The number of carboxylic acids is 1. The van der Waals surface area contributed by atoms with Crippen molar-refractivity contribution in [1.29, 1.82) is 0 Å². The highest BCUT2D eigenvalue weighted by molar-refractivity contribution is 6.01. The van der Waals surface area contributed by atoms with Crippen LogP contribution in [0.2, 0.25) is 0 Å². The molecule has 0 aliphatic carbocycles. The van der Waals surface area contributed by atoms with Crippen molar-refractivity contribution in [2.75, 3.05) is 18.0 Å². The van der Waals surface area contributed by atoms with Crippen molar-refractivity contribution >= 4 is 23.5 Å². The molecule has 0 aromatic heterocycles. The third-order valence-corrected chi connectivity index (χ3v) is 3.40. The van der Waals surface area contributed by atoms with Crippen LogP contribution in [0.3, 0.4) is 0 Å². The first-order valence-corrected chi connectivity index (χ1v) is 6.96. The molecule has 1 aromatic carbocycles. The van der Waals surface area contributed by atoms with Crippen molar-refractivity contribution < 1.29 is 19.5 Å². The Morgan fingerprint density at radius 2 is 2.10 bits per heavy atom. The molecule has 1 aliphatic rings. The number of nitrogens with one attached hydrogen (secondary N) is 1. The van der Waals surface area contributed by atoms with Gasteiger partial charge in [-0.15, -0.1) is 0 Å². The van der Waals surface area contributed by atoms with Crippen LogP contribution in [-0.4, -0.2) is 36.0 Å². The van der Waals surface area contributed by atoms with Crippen molar-refractivity contribution in [2.24, 2.45) is 0 Å². The van der Waals surface area contributed by atoms with Gasteiger partial charge in [0.25, 0.3) is 0 Å². The Hall–Kier alpha value is -2.37. The lowest BCUT2D eigenvalue weighted by molar-refractivity contribution is -0.124. The van der Waals surface area contributed by atoms with Gasteiger partial charge in [0.1, 0.15) is 6.54 Å². The van der Waals surface area contributed by atoms with E-state index in [2.05, 4.69) is 5.32 Å². The van der Waals surface area contributed by atoms with E-state index < -0.39 is 5.97 Å². The molecular formula is C15H18N2O4. The van der Waals surface area contributed by atoms with Gasteiger partial charge in [0, 0.05) is 18.7 Å². The molecule has 2 amide bonds. The van der Waals surface area contributed by atoms with Gasteiger partial charge in [0.05, 0.1) is 5.56 Å². The van der Waals surface area contributed by atoms with Crippen LogP contribution >= 0.6 is 0 Å². The number of anilines is 1. The second-order valence-electron chi connectivity index (χ2n) is 4.98. The minimum atomic E-state index is -0.998. The van der Waals surface area contributed by atoms with E-state index in [0.29, 0.717) is 18.7 Å². The van der Waals surface area contributed by atoms with E-state index in [0.717, 1.165) is 12.0 Å². The fourth-order valence-corrected chi connectivity index (χ4v) is 2.33. The predicted molar refractivity (Wildman–Crippen MR) is 77.4 cm³/mol. The zero-order chi connectivity index (χ0) is 15.4. The maximum atomic E-state index is 12.0. The fraction of sp³-hybridized carbons (Fsp3) is 0.400. The lowest BCUT2D eigenvalue weighted by Crippen LogP contribution is -2.43. The molecule has 0 saturated carbocycles. The van der Waals surface area contributed by atoms with Gasteiger partial charge in [0.15, 0.2) is 0 Å². The molecule has 6 nitrogen and oxygen atoms in total. The average Bonchev–Trinajstić information content (AvgIpc) is 2.47. The van der Waals surface area contributed by atoms with Gasteiger partial charge in [-0.1, -0.05) is 6.92 Å². The molecule has 1 aromatic rings. The van der Waals surface area contributed by atoms with Crippen LogP contribution in [0, 0.1) is 0 Å². The van der Waals surface area contributed by atoms with Crippen molar-refractivity contribution in [1.82, 2.24) is 5.32 Å². The van der Waals surface area contributed by atoms with Gasteiger partial charge in [-0.25, -0.2) is 4.79 Å². The molecular weight excluding hydrogens is 272 g/mol. The molecule has 0 atom stereocenters. The zero-order valence-electron chi connectivity index (χ0n) is 11.9. The number of carbonyl (C=O) groups is 3. The zero-order valence-corrected chi connectivity index (χ0v) is 11.9. The van der Waals surface area contributed by atoms with E-state index in [1.165, 1.54) is 11.0 Å². The molecule has 0 radical (unpaired) electrons. The normalized spacial score (nSPS) is 13.8. The Balaban J connectivity index is 2.22. The number of fused-ring (bicyclic) bond motifs is 1. The van der Waals surface area contributed by atoms with E-state index in [-0.39, 0.29) is 30.3 Å². The van der Waals surface area contributed by atoms with Crippen molar-refractivity contribution in [3.05, 3.63) is 29.3 Å². The minimum Gasteiger partial charge on any atom is -0.478 e. The smallest absolute Gasteiger partial charge is 0.335 e. The Labute approximate surface area is 122 Å². The summed E-state index contributed by atoms with van der Waals surface area (Å²) in [6, 6.07) is 4.63. The highest BCUT2D eigenvalue weighted by Gasteiger charge is 2.26. The fourth-order valence-electron chi connectivity index (χ4n) is 2.33. The quantitative estimate of drug-likeness (QED) is 0.853. The number of nitrogens with zero attached hydrogens (tertiary/aromatic N) is 1. The van der Waals surface area contributed by atoms with Crippen LogP contribution in [0.4, 0.5) is 5.69 Å². The van der Waals surface area contributed by atoms with E-state index in [4.69, 9.17) is 5.11 Å². The second kappa shape index (κ2) is 6.39. The monoisotopic (exact) mass is 290 g/mol. The molecule has 0 unspecified atom stereocenters. The Bertz CT molecular complexity index is 583. The SMILES string of the molecule is CCCNC(=O)CN1C(=O)CCc2cc(C(=O)O)ccc21. The summed E-state index contributed by atoms with van der Waals surface area (Å²) in [6.45, 7) is 2.50. The number of carboxylic acid groups (broad SMARTS) is 1. The van der Waals surface area contributed by atoms with Crippen LogP contribution in [-0.2, 0) is 16.0 Å². The number of amides is 2. The number of aryl methyl sites for hydroxylation is 1. The molecule has 0 spiro atoms. The number of aromatic carboxylic acids is 1. The molecule has 0 fully saturated rings. The molecule has 21 heavy (non-hydrogen) atoms. The Morgan fingerprint density at radius 1 is 1.33 bits per heavy atom. The molecule has 0 bridgehead atoms. The summed E-state index contributed by atoms with van der Waals surface area (Å²) >= 11 is 0. The molecule has 0 saturated heterocycles. The average molecular weight is 290 g/mol. The highest BCUT2D eigenvalue weighted by atomic mass is 16.4. The summed E-state index contributed by atoms with van der Waals surface area (Å²) in [4.78, 5) is 36.2. The van der Waals surface area contributed by atoms with Crippen LogP contribution in [0.25, 0.3) is 0 Å². The summed E-state index contributed by atoms with van der Waals surface area (Å²) in [7, 11) is 0. The number of carbonyl (C=O) groups excluding carboxylic acids is 2. The first-order valence-electron chi connectivity index (χ1n) is 6.96. The molecule has 112 valence electrons. The van der Waals surface area contributed by atoms with Crippen LogP contribution in [0.15, 0.2) is 18.2 Å². The molecule has 2 N–H and O–H groups in total. The molecule has 1 heterocycles. The second-order valence-corrected chi connectivity index (χ2v) is 4.98. The Morgan fingerprint density at radius 3 is 2.76 bits per heavy atom. The minimum absolute atomic E-state index is 0.0295. The van der Waals surface area contributed by atoms with Gasteiger partial charge in [-0.05, 0) is 36.6 Å². The maximum absolute atomic E-state index is 12.0. The maximum Gasteiger partial charge on any atom is 0.335 e. The Kier molecular flexibility index (Phi) is 4.57. The topological polar surface area (TPSA) is 86.7 Å². The van der Waals surface area contributed by atoms with Crippen LogP contribution < -0.4 is 10.2 Å². The molecule has 2 rings (SSSR count). The summed E-state index contributed by atoms with van der Waals surface area (Å²) in [6.07, 6.45) is 1.62. The third kappa shape index (κ3) is 3.39. The highest BCUT2D eigenvalue weighted by Crippen LogP contribution is 2.28. The number of hydrogen-bond acceptors (Lipinski definition) is 3. The van der Waals surface area contributed by atoms with Crippen molar-refractivity contribution in [2.45, 2.75) is 26.2 Å². The lowest BCUT2D eigenvalue weighted by atomic mass is 9.98. The van der Waals surface area contributed by atoms with Gasteiger partial charge in [-0.2, -0.15) is 0 Å². The largest absolute Gasteiger partial charge is 0.478 e. The third-order valence-electron chi connectivity index (χ3n) is 3.40. The van der Waals surface area contributed by atoms with Gasteiger partial charge in [-0.3, -0.25) is 9.59 Å². The lowest BCUT2D eigenvalue weighted by Gasteiger charge is -2.29. The molecule has 1 aliphatic heterocycles. The van der Waals surface area contributed by atoms with Gasteiger partial charge >= 0.3 is 5.97 Å². The van der Waals surface area contributed by atoms with E-state index in [1.54, 1.807) is 12.1 Å². The van der Waals surface area contributed by atoms with Crippen molar-refractivity contribution in [3.63, 3.8) is 0 Å². The van der Waals surface area contributed by atoms with Crippen molar-refractivity contribution in [3.8, 4) is 0 Å². The first kappa shape index (κ1) is 15.0. The van der Waals surface area contributed by atoms with Crippen LogP contribution in [0.1, 0.15) is 35.7 Å². The molecule has 6 heteroatoms. The number of hydrogen-bond donors (Lipinski definition) is 2. The summed E-state index contributed by atoms with van der Waals surface area (Å²) in [5.41, 5.74) is 1.61. The summed E-state index contributed by atoms with van der Waals surface area (Å²) in [5, 5.41) is 11.7. The number of benzene rings is 1. The van der Waals surface area contributed by atoms with Gasteiger partial charge in [0.2, 0.25) is 11.8 Å². The first-order chi connectivity index (χ1) is 10.0. The summed E-state index contributed by atoms with van der Waals surface area (Å²) < 4.78 is 0. The standard InChI is InChI=1S/C15H18N2O4/c1-2-7-16-13(18)9-17-12-5-3-11(15(20)21)8-10(12)4-6-14(17)19/h3,5,8H,2,4,6-7,9H2,1H3,(H,16,18)(H,20,21). The van der Waals surface area contributed by atoms with Crippen LogP contribution in [0.5, 0.6) is 0 Å². The predicted octanol–water partition coefficient (Wildman–Crippen LogP) is 1.19. The van der Waals surface area contributed by atoms with E-state index in [1.807, 2.05) is 6.92 Å².